The SMILES string of the molecule is CC(C)(C)OC(=O)N1CC(CN2CC(N3CC(N4CCC(n5nc(-c6ccc(Oc7ccccc7)cc6)c6c(N)ncnc65)CC4)C3)C2)C1. The number of ether oxygens (including phenoxy) is 2. The van der Waals surface area contributed by atoms with Crippen molar-refractivity contribution < 1.29 is 14.3 Å². The van der Waals surface area contributed by atoms with E-state index in [1.807, 2.05) is 80.3 Å². The molecule has 0 saturated carbocycles. The predicted molar refractivity (Wildman–Crippen MR) is 188 cm³/mol. The fourth-order valence-electron chi connectivity index (χ4n) is 7.72. The monoisotopic (exact) mass is 665 g/mol. The third-order valence-corrected chi connectivity index (χ3v) is 10.5. The highest BCUT2D eigenvalue weighted by Gasteiger charge is 2.43. The molecule has 4 saturated heterocycles. The Morgan fingerprint density at radius 3 is 2.20 bits per heavy atom. The molecule has 4 aliphatic rings. The van der Waals surface area contributed by atoms with Crippen LogP contribution in [0, 0.1) is 5.92 Å². The van der Waals surface area contributed by atoms with E-state index in [0.717, 1.165) is 106 Å². The molecule has 0 bridgehead atoms. The molecule has 49 heavy (non-hydrogen) atoms. The van der Waals surface area contributed by atoms with Gasteiger partial charge in [0.15, 0.2) is 5.65 Å². The average molecular weight is 666 g/mol. The van der Waals surface area contributed by atoms with Gasteiger partial charge in [0, 0.05) is 82.5 Å². The number of amides is 1. The summed E-state index contributed by atoms with van der Waals surface area (Å²) in [6, 6.07) is 19.3. The number of fused-ring (bicyclic) bond motifs is 1. The molecule has 12 nitrogen and oxygen atoms in total. The fraction of sp³-hybridized carbons (Fsp3) is 0.514. The largest absolute Gasteiger partial charge is 0.457 e. The van der Waals surface area contributed by atoms with Gasteiger partial charge in [-0.25, -0.2) is 19.4 Å². The first kappa shape index (κ1) is 32.0. The Labute approximate surface area is 287 Å². The minimum absolute atomic E-state index is 0.182. The molecule has 0 radical (unpaired) electrons. The molecule has 2 N–H and O–H groups in total. The number of anilines is 1. The van der Waals surface area contributed by atoms with E-state index < -0.39 is 5.60 Å². The van der Waals surface area contributed by atoms with E-state index in [9.17, 15) is 4.79 Å². The van der Waals surface area contributed by atoms with Crippen LogP contribution in [-0.4, -0.2) is 122 Å². The van der Waals surface area contributed by atoms with Crippen LogP contribution < -0.4 is 10.5 Å². The number of nitrogens with zero attached hydrogens (tertiary/aromatic N) is 8. The molecule has 4 fully saturated rings. The Balaban J connectivity index is 0.817. The van der Waals surface area contributed by atoms with Crippen LogP contribution in [0.2, 0.25) is 0 Å². The molecule has 0 spiro atoms. The molecule has 1 amide bonds. The van der Waals surface area contributed by atoms with Crippen molar-refractivity contribution in [3.05, 3.63) is 60.9 Å². The third kappa shape index (κ3) is 6.69. The van der Waals surface area contributed by atoms with Gasteiger partial charge in [-0.2, -0.15) is 5.10 Å². The van der Waals surface area contributed by atoms with Crippen LogP contribution in [0.4, 0.5) is 10.6 Å². The zero-order valence-corrected chi connectivity index (χ0v) is 28.7. The van der Waals surface area contributed by atoms with Gasteiger partial charge in [0.05, 0.1) is 11.4 Å². The molecule has 0 aliphatic carbocycles. The van der Waals surface area contributed by atoms with Crippen LogP contribution in [-0.2, 0) is 4.74 Å². The summed E-state index contributed by atoms with van der Waals surface area (Å²) < 4.78 is 13.6. The lowest BCUT2D eigenvalue weighted by atomic mass is 9.93. The van der Waals surface area contributed by atoms with Crippen LogP contribution in [0.3, 0.4) is 0 Å². The zero-order chi connectivity index (χ0) is 33.7. The number of rotatable bonds is 8. The maximum atomic E-state index is 12.2. The van der Waals surface area contributed by atoms with E-state index in [1.165, 1.54) is 0 Å². The highest BCUT2D eigenvalue weighted by atomic mass is 16.6. The number of benzene rings is 2. The molecule has 0 atom stereocenters. The molecule has 4 aromatic rings. The maximum Gasteiger partial charge on any atom is 0.410 e. The summed E-state index contributed by atoms with van der Waals surface area (Å²) in [5.74, 6) is 2.58. The summed E-state index contributed by atoms with van der Waals surface area (Å²) in [7, 11) is 0. The molecule has 2 aromatic heterocycles. The van der Waals surface area contributed by atoms with Crippen molar-refractivity contribution in [2.75, 3.05) is 64.6 Å². The number of para-hydroxylation sites is 1. The normalized spacial score (nSPS) is 20.6. The van der Waals surface area contributed by atoms with Gasteiger partial charge < -0.3 is 20.1 Å². The molecule has 4 aliphatic heterocycles. The number of aromatic nitrogens is 4. The Morgan fingerprint density at radius 1 is 0.837 bits per heavy atom. The second-order valence-corrected chi connectivity index (χ2v) is 15.2. The van der Waals surface area contributed by atoms with Crippen molar-refractivity contribution in [1.29, 1.82) is 0 Å². The molecule has 2 aromatic carbocycles. The molecule has 12 heteroatoms. The van der Waals surface area contributed by atoms with Gasteiger partial charge in [-0.3, -0.25) is 14.7 Å². The fourth-order valence-corrected chi connectivity index (χ4v) is 7.72. The lowest BCUT2D eigenvalue weighted by Crippen LogP contribution is -2.70. The number of piperidine rings is 1. The Morgan fingerprint density at radius 2 is 1.51 bits per heavy atom. The molecular formula is C37H47N9O3. The lowest BCUT2D eigenvalue weighted by molar-refractivity contribution is -0.0678. The van der Waals surface area contributed by atoms with Gasteiger partial charge in [-0.1, -0.05) is 18.2 Å². The summed E-state index contributed by atoms with van der Waals surface area (Å²) >= 11 is 0. The molecule has 258 valence electrons. The molecule has 6 heterocycles. The van der Waals surface area contributed by atoms with E-state index in [1.54, 1.807) is 6.33 Å². The third-order valence-electron chi connectivity index (χ3n) is 10.5. The van der Waals surface area contributed by atoms with Gasteiger partial charge in [-0.15, -0.1) is 0 Å². The molecule has 8 rings (SSSR count). The first-order valence-electron chi connectivity index (χ1n) is 17.7. The Hall–Kier alpha value is -4.26. The Kier molecular flexibility index (Phi) is 8.41. The number of carbonyl (C=O) groups is 1. The van der Waals surface area contributed by atoms with Crippen LogP contribution in [0.1, 0.15) is 39.7 Å². The number of nitrogens with two attached hydrogens (primary N) is 1. The van der Waals surface area contributed by atoms with E-state index in [0.29, 0.717) is 23.8 Å². The van der Waals surface area contributed by atoms with Crippen LogP contribution in [0.15, 0.2) is 60.9 Å². The van der Waals surface area contributed by atoms with E-state index in [4.69, 9.17) is 20.3 Å². The van der Waals surface area contributed by atoms with E-state index in [2.05, 4.69) is 29.3 Å². The standard InChI is InChI=1S/C37H47N9O3/c1-37(2,3)49-36(47)45-18-25(19-45)17-42-20-28(21-42)44-22-29(23-44)43-15-13-27(14-16-43)46-35-32(34(38)39-24-40-35)33(41-46)26-9-11-31(12-10-26)48-30-7-5-4-6-8-30/h4-12,24-25,27-29H,13-23H2,1-3H3,(H2,38,39,40). The summed E-state index contributed by atoms with van der Waals surface area (Å²) in [6.45, 7) is 15.1. The Bertz CT molecular complexity index is 1760. The van der Waals surface area contributed by atoms with Crippen LogP contribution in [0.5, 0.6) is 11.5 Å². The maximum absolute atomic E-state index is 12.2. The zero-order valence-electron chi connectivity index (χ0n) is 28.7. The minimum atomic E-state index is -0.436. The molecule has 0 unspecified atom stereocenters. The van der Waals surface area contributed by atoms with Gasteiger partial charge in [0.25, 0.3) is 0 Å². The number of nitrogen functional groups attached to an aromatic ring is 1. The van der Waals surface area contributed by atoms with Crippen molar-refractivity contribution in [1.82, 2.24) is 39.3 Å². The lowest BCUT2D eigenvalue weighted by Gasteiger charge is -2.56. The predicted octanol–water partition coefficient (Wildman–Crippen LogP) is 4.74. The quantitative estimate of drug-likeness (QED) is 0.283. The second-order valence-electron chi connectivity index (χ2n) is 15.2. The van der Waals surface area contributed by atoms with Gasteiger partial charge in [0.1, 0.15) is 34.9 Å². The minimum Gasteiger partial charge on any atom is -0.457 e. The van der Waals surface area contributed by atoms with Crippen LogP contribution >= 0.6 is 0 Å². The van der Waals surface area contributed by atoms with Crippen molar-refractivity contribution in [3.8, 4) is 22.8 Å². The number of hydrogen-bond donors (Lipinski definition) is 1. The molecular weight excluding hydrogens is 618 g/mol. The van der Waals surface area contributed by atoms with Crippen molar-refractivity contribution in [2.45, 2.75) is 57.3 Å². The van der Waals surface area contributed by atoms with E-state index >= 15 is 0 Å². The van der Waals surface area contributed by atoms with Crippen molar-refractivity contribution in [2.24, 2.45) is 5.92 Å². The first-order valence-corrected chi connectivity index (χ1v) is 17.7. The summed E-state index contributed by atoms with van der Waals surface area (Å²) in [5, 5.41) is 5.93. The van der Waals surface area contributed by atoms with E-state index in [-0.39, 0.29) is 12.1 Å². The average Bonchev–Trinajstić information content (AvgIpc) is 3.41. The number of carbonyl (C=O) groups excluding carboxylic acids is 1. The summed E-state index contributed by atoms with van der Waals surface area (Å²) in [4.78, 5) is 30.9. The van der Waals surface area contributed by atoms with Gasteiger partial charge in [-0.05, 0) is 70.0 Å². The highest BCUT2D eigenvalue weighted by Crippen LogP contribution is 2.36. The number of hydrogen-bond acceptors (Lipinski definition) is 10. The van der Waals surface area contributed by atoms with Crippen molar-refractivity contribution >= 4 is 22.9 Å². The first-order chi connectivity index (χ1) is 23.7. The summed E-state index contributed by atoms with van der Waals surface area (Å²) in [5.41, 5.74) is 8.56. The smallest absolute Gasteiger partial charge is 0.410 e. The van der Waals surface area contributed by atoms with Gasteiger partial charge >= 0.3 is 6.09 Å². The highest BCUT2D eigenvalue weighted by molar-refractivity contribution is 5.98. The van der Waals surface area contributed by atoms with Gasteiger partial charge in [0.2, 0.25) is 0 Å². The van der Waals surface area contributed by atoms with Crippen LogP contribution in [0.25, 0.3) is 22.3 Å². The number of likely N-dealkylation sites (tertiary alicyclic amines) is 4. The summed E-state index contributed by atoms with van der Waals surface area (Å²) in [6.07, 6.45) is 3.42. The second kappa shape index (κ2) is 12.9. The topological polar surface area (TPSA) is 118 Å². The van der Waals surface area contributed by atoms with Crippen molar-refractivity contribution in [3.63, 3.8) is 0 Å².